The smallest absolute Gasteiger partial charge is 0.248 e. The summed E-state index contributed by atoms with van der Waals surface area (Å²) in [5, 5.41) is 16.7. The van der Waals surface area contributed by atoms with Gasteiger partial charge in [-0.25, -0.2) is 4.68 Å². The van der Waals surface area contributed by atoms with Crippen molar-refractivity contribution in [1.29, 1.82) is 0 Å². The first-order chi connectivity index (χ1) is 13.8. The Balaban J connectivity index is 1.51. The van der Waals surface area contributed by atoms with Gasteiger partial charge in [0.25, 0.3) is 0 Å². The molecule has 7 heteroatoms. The van der Waals surface area contributed by atoms with E-state index in [0.29, 0.717) is 11.8 Å². The second-order valence-electron chi connectivity index (χ2n) is 6.45. The van der Waals surface area contributed by atoms with E-state index in [0.717, 1.165) is 47.5 Å². The molecule has 4 rings (SSSR count). The lowest BCUT2D eigenvalue weighted by Gasteiger charge is -2.01. The fourth-order valence-electron chi connectivity index (χ4n) is 2.84. The highest BCUT2D eigenvalue weighted by Gasteiger charge is 2.11. The molecule has 0 spiro atoms. The molecule has 0 aliphatic heterocycles. The first kappa shape index (κ1) is 17.9. The summed E-state index contributed by atoms with van der Waals surface area (Å²) in [6, 6.07) is 15.3. The Labute approximate surface area is 163 Å². The Morgan fingerprint density at radius 1 is 0.893 bits per heavy atom. The zero-order chi connectivity index (χ0) is 19.3. The number of benzene rings is 2. The SMILES string of the molecule is CCCCc1cn(-c2ccc(-c3nnc(-c4ccc(OC)cc4)o3)cc2)nn1. The van der Waals surface area contributed by atoms with Crippen molar-refractivity contribution in [3.05, 3.63) is 60.4 Å². The lowest BCUT2D eigenvalue weighted by atomic mass is 10.2. The Morgan fingerprint density at radius 2 is 1.54 bits per heavy atom. The summed E-state index contributed by atoms with van der Waals surface area (Å²) in [6.07, 6.45) is 5.18. The molecule has 0 radical (unpaired) electrons. The summed E-state index contributed by atoms with van der Waals surface area (Å²) in [5.74, 6) is 1.73. The van der Waals surface area contributed by atoms with Crippen molar-refractivity contribution in [3.8, 4) is 34.3 Å². The van der Waals surface area contributed by atoms with Gasteiger partial charge < -0.3 is 9.15 Å². The molecular weight excluding hydrogens is 354 g/mol. The Morgan fingerprint density at radius 3 is 2.14 bits per heavy atom. The Bertz CT molecular complexity index is 1040. The van der Waals surface area contributed by atoms with Crippen molar-refractivity contribution in [2.24, 2.45) is 0 Å². The number of ether oxygens (including phenoxy) is 1. The molecule has 0 atom stereocenters. The minimum atomic E-state index is 0.471. The van der Waals surface area contributed by atoms with Crippen molar-refractivity contribution in [3.63, 3.8) is 0 Å². The van der Waals surface area contributed by atoms with Crippen LogP contribution in [0, 0.1) is 0 Å². The van der Waals surface area contributed by atoms with Crippen molar-refractivity contribution < 1.29 is 9.15 Å². The number of rotatable bonds is 7. The average Bonchev–Trinajstić information content (AvgIpc) is 3.42. The molecule has 2 aromatic carbocycles. The molecular formula is C21H21N5O2. The molecule has 0 saturated heterocycles. The third kappa shape index (κ3) is 3.78. The molecule has 0 bridgehead atoms. The molecule has 0 fully saturated rings. The summed E-state index contributed by atoms with van der Waals surface area (Å²) < 4.78 is 12.8. The summed E-state index contributed by atoms with van der Waals surface area (Å²) in [4.78, 5) is 0. The number of aromatic nitrogens is 5. The minimum Gasteiger partial charge on any atom is -0.497 e. The van der Waals surface area contributed by atoms with Crippen molar-refractivity contribution in [2.75, 3.05) is 7.11 Å². The van der Waals surface area contributed by atoms with E-state index < -0.39 is 0 Å². The first-order valence-corrected chi connectivity index (χ1v) is 9.27. The average molecular weight is 375 g/mol. The van der Waals surface area contributed by atoms with Crippen molar-refractivity contribution in [1.82, 2.24) is 25.2 Å². The molecule has 0 unspecified atom stereocenters. The van der Waals surface area contributed by atoms with Crippen molar-refractivity contribution in [2.45, 2.75) is 26.2 Å². The van der Waals surface area contributed by atoms with Crippen LogP contribution >= 0.6 is 0 Å². The zero-order valence-corrected chi connectivity index (χ0v) is 15.9. The molecule has 0 N–H and O–H groups in total. The van der Waals surface area contributed by atoms with Gasteiger partial charge in [0.05, 0.1) is 24.7 Å². The number of aryl methyl sites for hydroxylation is 1. The van der Waals surface area contributed by atoms with Gasteiger partial charge in [0.15, 0.2) is 0 Å². The quantitative estimate of drug-likeness (QED) is 0.478. The van der Waals surface area contributed by atoms with Gasteiger partial charge in [-0.2, -0.15) is 0 Å². The van der Waals surface area contributed by atoms with E-state index in [2.05, 4.69) is 27.4 Å². The van der Waals surface area contributed by atoms with Gasteiger partial charge in [0.2, 0.25) is 11.8 Å². The third-order valence-electron chi connectivity index (χ3n) is 4.47. The van der Waals surface area contributed by atoms with Gasteiger partial charge in [-0.3, -0.25) is 0 Å². The van der Waals surface area contributed by atoms with Crippen LogP contribution in [0.5, 0.6) is 5.75 Å². The zero-order valence-electron chi connectivity index (χ0n) is 15.9. The van der Waals surface area contributed by atoms with E-state index in [4.69, 9.17) is 9.15 Å². The van der Waals surface area contributed by atoms with Crippen LogP contribution in [-0.2, 0) is 6.42 Å². The summed E-state index contributed by atoms with van der Waals surface area (Å²) in [6.45, 7) is 2.17. The van der Waals surface area contributed by atoms with E-state index in [1.165, 1.54) is 0 Å². The second kappa shape index (κ2) is 8.04. The largest absolute Gasteiger partial charge is 0.497 e. The minimum absolute atomic E-state index is 0.471. The van der Waals surface area contributed by atoms with Gasteiger partial charge in [-0.15, -0.1) is 15.3 Å². The van der Waals surface area contributed by atoms with Gasteiger partial charge in [0, 0.05) is 11.1 Å². The fraction of sp³-hybridized carbons (Fsp3) is 0.238. The van der Waals surface area contributed by atoms with E-state index in [1.807, 2.05) is 54.7 Å². The lowest BCUT2D eigenvalue weighted by molar-refractivity contribution is 0.415. The lowest BCUT2D eigenvalue weighted by Crippen LogP contribution is -1.94. The maximum Gasteiger partial charge on any atom is 0.248 e. The first-order valence-electron chi connectivity index (χ1n) is 9.27. The molecule has 7 nitrogen and oxygen atoms in total. The molecule has 2 heterocycles. The standard InChI is InChI=1S/C21H21N5O2/c1-3-4-5-17-14-26(25-22-17)18-10-6-15(7-11-18)20-23-24-21(28-20)16-8-12-19(27-2)13-9-16/h6-14H,3-5H2,1-2H3. The number of nitrogens with zero attached hydrogens (tertiary/aromatic N) is 5. The highest BCUT2D eigenvalue weighted by atomic mass is 16.5. The van der Waals surface area contributed by atoms with Gasteiger partial charge >= 0.3 is 0 Å². The molecule has 0 amide bonds. The number of hydrogen-bond donors (Lipinski definition) is 0. The normalized spacial score (nSPS) is 10.9. The monoisotopic (exact) mass is 375 g/mol. The van der Waals surface area contributed by atoms with Gasteiger partial charge in [-0.1, -0.05) is 18.6 Å². The molecule has 0 aliphatic rings. The second-order valence-corrected chi connectivity index (χ2v) is 6.45. The molecule has 0 saturated carbocycles. The summed E-state index contributed by atoms with van der Waals surface area (Å²) in [5.41, 5.74) is 3.64. The number of methoxy groups -OCH3 is 1. The third-order valence-corrected chi connectivity index (χ3v) is 4.47. The van der Waals surface area contributed by atoms with E-state index in [1.54, 1.807) is 11.8 Å². The maximum atomic E-state index is 5.83. The highest BCUT2D eigenvalue weighted by molar-refractivity contribution is 5.59. The van der Waals surface area contributed by atoms with Crippen LogP contribution in [0.3, 0.4) is 0 Å². The van der Waals surface area contributed by atoms with Crippen molar-refractivity contribution >= 4 is 0 Å². The van der Waals surface area contributed by atoms with Crippen LogP contribution < -0.4 is 4.74 Å². The summed E-state index contributed by atoms with van der Waals surface area (Å²) >= 11 is 0. The molecule has 4 aromatic rings. The number of unbranched alkanes of at least 4 members (excludes halogenated alkanes) is 1. The topological polar surface area (TPSA) is 78.9 Å². The molecule has 142 valence electrons. The highest BCUT2D eigenvalue weighted by Crippen LogP contribution is 2.26. The summed E-state index contributed by atoms with van der Waals surface area (Å²) in [7, 11) is 1.63. The Hall–Kier alpha value is -3.48. The maximum absolute atomic E-state index is 5.83. The van der Waals surface area contributed by atoms with E-state index >= 15 is 0 Å². The van der Waals surface area contributed by atoms with Crippen LogP contribution in [0.25, 0.3) is 28.6 Å². The van der Waals surface area contributed by atoms with Gasteiger partial charge in [-0.05, 0) is 61.4 Å². The van der Waals surface area contributed by atoms with E-state index in [9.17, 15) is 0 Å². The van der Waals surface area contributed by atoms with Crippen LogP contribution in [0.1, 0.15) is 25.5 Å². The van der Waals surface area contributed by atoms with Gasteiger partial charge in [0.1, 0.15) is 5.75 Å². The van der Waals surface area contributed by atoms with Crippen LogP contribution in [0.4, 0.5) is 0 Å². The molecule has 28 heavy (non-hydrogen) atoms. The fourth-order valence-corrected chi connectivity index (χ4v) is 2.84. The molecule has 2 aromatic heterocycles. The predicted octanol–water partition coefficient (Wildman–Crippen LogP) is 4.34. The van der Waals surface area contributed by atoms with Crippen LogP contribution in [0.15, 0.2) is 59.1 Å². The Kier molecular flexibility index (Phi) is 5.14. The molecule has 0 aliphatic carbocycles. The number of hydrogen-bond acceptors (Lipinski definition) is 6. The van der Waals surface area contributed by atoms with Crippen LogP contribution in [0.2, 0.25) is 0 Å². The van der Waals surface area contributed by atoms with E-state index in [-0.39, 0.29) is 0 Å². The van der Waals surface area contributed by atoms with Crippen LogP contribution in [-0.4, -0.2) is 32.3 Å². The predicted molar refractivity (Wildman–Crippen MR) is 105 cm³/mol.